The van der Waals surface area contributed by atoms with Crippen LogP contribution in [0.25, 0.3) is 0 Å². The van der Waals surface area contributed by atoms with Gasteiger partial charge in [-0.05, 0) is 49.3 Å². The van der Waals surface area contributed by atoms with Crippen molar-refractivity contribution in [2.75, 3.05) is 20.1 Å². The molecule has 0 aromatic heterocycles. The average Bonchev–Trinajstić information content (AvgIpc) is 3.16. The van der Waals surface area contributed by atoms with Gasteiger partial charge in [0, 0.05) is 25.7 Å². The molecule has 3 rings (SSSR count). The number of fused-ring (bicyclic) bond motifs is 1. The summed E-state index contributed by atoms with van der Waals surface area (Å²) in [6.07, 6.45) is -2.28. The first kappa shape index (κ1) is 21.1. The normalized spacial score (nSPS) is 26.5. The molecular weight excluding hydrogens is 367 g/mol. The Hall–Kier alpha value is -1.60. The minimum Gasteiger partial charge on any atom is -0.352 e. The Bertz CT molecular complexity index is 692. The molecule has 1 amide bonds. The fourth-order valence-electron chi connectivity index (χ4n) is 4.81. The van der Waals surface area contributed by atoms with Crippen LogP contribution in [0.15, 0.2) is 24.3 Å². The molecule has 2 fully saturated rings. The maximum atomic E-state index is 12.9. The molecular formula is C21H30F3N3O. The van der Waals surface area contributed by atoms with Gasteiger partial charge >= 0.3 is 6.18 Å². The van der Waals surface area contributed by atoms with Crippen molar-refractivity contribution in [3.63, 3.8) is 0 Å². The third-order valence-corrected chi connectivity index (χ3v) is 6.18. The number of nitrogens with zero attached hydrogens (tertiary/aromatic N) is 1. The SMILES string of the molecule is CN[C@H](C(=O)N[C@@H]1CC[C@H]2CN(Cc3cccc(C(F)(F)F)c3)C[C@H]21)C(C)C. The van der Waals surface area contributed by atoms with Crippen molar-refractivity contribution >= 4 is 5.91 Å². The van der Waals surface area contributed by atoms with Crippen molar-refractivity contribution in [3.05, 3.63) is 35.4 Å². The van der Waals surface area contributed by atoms with E-state index in [1.54, 1.807) is 13.1 Å². The predicted molar refractivity (Wildman–Crippen MR) is 103 cm³/mol. The molecule has 0 radical (unpaired) electrons. The average molecular weight is 397 g/mol. The highest BCUT2D eigenvalue weighted by Crippen LogP contribution is 2.39. The van der Waals surface area contributed by atoms with Gasteiger partial charge < -0.3 is 10.6 Å². The van der Waals surface area contributed by atoms with Crippen LogP contribution in [0.1, 0.15) is 37.8 Å². The van der Waals surface area contributed by atoms with E-state index in [4.69, 9.17) is 0 Å². The molecule has 1 aliphatic carbocycles. The maximum Gasteiger partial charge on any atom is 0.416 e. The van der Waals surface area contributed by atoms with Crippen molar-refractivity contribution in [2.45, 2.75) is 51.5 Å². The van der Waals surface area contributed by atoms with Gasteiger partial charge in [0.25, 0.3) is 0 Å². The van der Waals surface area contributed by atoms with Crippen LogP contribution >= 0.6 is 0 Å². The van der Waals surface area contributed by atoms with Gasteiger partial charge in [0.1, 0.15) is 0 Å². The number of hydrogen-bond donors (Lipinski definition) is 2. The number of nitrogens with one attached hydrogen (secondary N) is 2. The van der Waals surface area contributed by atoms with Gasteiger partial charge in [0.05, 0.1) is 11.6 Å². The van der Waals surface area contributed by atoms with E-state index in [0.29, 0.717) is 23.9 Å². The van der Waals surface area contributed by atoms with E-state index in [1.165, 1.54) is 12.1 Å². The highest BCUT2D eigenvalue weighted by molar-refractivity contribution is 5.82. The molecule has 2 aliphatic rings. The van der Waals surface area contributed by atoms with Crippen LogP contribution in [-0.4, -0.2) is 43.0 Å². The third-order valence-electron chi connectivity index (χ3n) is 6.18. The standard InChI is InChI=1S/C21H30F3N3O/c1-13(2)19(25-3)20(28)26-18-8-7-15-11-27(12-17(15)18)10-14-5-4-6-16(9-14)21(22,23)24/h4-6,9,13,15,17-19,25H,7-8,10-12H2,1-3H3,(H,26,28)/t15-,17+,18+,19-/m0/s1. The number of rotatable bonds is 6. The Kier molecular flexibility index (Phi) is 6.34. The molecule has 1 aliphatic heterocycles. The van der Waals surface area contributed by atoms with E-state index in [1.807, 2.05) is 13.8 Å². The van der Waals surface area contributed by atoms with Crippen molar-refractivity contribution in [2.24, 2.45) is 17.8 Å². The molecule has 1 aromatic rings. The number of benzene rings is 1. The lowest BCUT2D eigenvalue weighted by molar-refractivity contribution is -0.137. The Morgan fingerprint density at radius 2 is 2.00 bits per heavy atom. The van der Waals surface area contributed by atoms with Gasteiger partial charge in [-0.2, -0.15) is 13.2 Å². The highest BCUT2D eigenvalue weighted by Gasteiger charge is 2.43. The third kappa shape index (κ3) is 4.69. The lowest BCUT2D eigenvalue weighted by Crippen LogP contribution is -2.50. The zero-order chi connectivity index (χ0) is 20.5. The smallest absolute Gasteiger partial charge is 0.352 e. The van der Waals surface area contributed by atoms with Crippen molar-refractivity contribution in [3.8, 4) is 0 Å². The van der Waals surface area contributed by atoms with Crippen LogP contribution in [0, 0.1) is 17.8 Å². The second-order valence-electron chi connectivity index (χ2n) is 8.52. The predicted octanol–water partition coefficient (Wildman–Crippen LogP) is 3.28. The lowest BCUT2D eigenvalue weighted by Gasteiger charge is -2.26. The summed E-state index contributed by atoms with van der Waals surface area (Å²) in [4.78, 5) is 14.8. The molecule has 2 N–H and O–H groups in total. The summed E-state index contributed by atoms with van der Waals surface area (Å²) in [5.74, 6) is 1.13. The van der Waals surface area contributed by atoms with Gasteiger partial charge in [-0.1, -0.05) is 32.0 Å². The molecule has 7 heteroatoms. The number of likely N-dealkylation sites (N-methyl/N-ethyl adjacent to an activating group) is 1. The summed E-state index contributed by atoms with van der Waals surface area (Å²) < 4.78 is 38.8. The van der Waals surface area contributed by atoms with Crippen molar-refractivity contribution in [1.82, 2.24) is 15.5 Å². The van der Waals surface area contributed by atoms with E-state index in [2.05, 4.69) is 15.5 Å². The summed E-state index contributed by atoms with van der Waals surface area (Å²) in [5.41, 5.74) is 0.0896. The van der Waals surface area contributed by atoms with Crippen molar-refractivity contribution in [1.29, 1.82) is 0 Å². The second kappa shape index (κ2) is 8.41. The molecule has 28 heavy (non-hydrogen) atoms. The quantitative estimate of drug-likeness (QED) is 0.774. The van der Waals surface area contributed by atoms with Crippen LogP contribution in [-0.2, 0) is 17.5 Å². The van der Waals surface area contributed by atoms with E-state index < -0.39 is 11.7 Å². The van der Waals surface area contributed by atoms with E-state index in [0.717, 1.165) is 32.0 Å². The van der Waals surface area contributed by atoms with Crippen LogP contribution in [0.2, 0.25) is 0 Å². The first-order valence-electron chi connectivity index (χ1n) is 10.0. The molecule has 4 atom stereocenters. The topological polar surface area (TPSA) is 44.4 Å². The Morgan fingerprint density at radius 1 is 1.25 bits per heavy atom. The molecule has 0 unspecified atom stereocenters. The summed E-state index contributed by atoms with van der Waals surface area (Å²) in [6, 6.07) is 5.53. The first-order valence-corrected chi connectivity index (χ1v) is 10.0. The summed E-state index contributed by atoms with van der Waals surface area (Å²) in [6.45, 7) is 6.25. The second-order valence-corrected chi connectivity index (χ2v) is 8.52. The fourth-order valence-corrected chi connectivity index (χ4v) is 4.81. The Labute approximate surface area is 164 Å². The molecule has 0 bridgehead atoms. The maximum absolute atomic E-state index is 12.9. The molecule has 1 heterocycles. The first-order chi connectivity index (χ1) is 13.2. The number of likely N-dealkylation sites (tertiary alicyclic amines) is 1. The van der Waals surface area contributed by atoms with Crippen LogP contribution < -0.4 is 10.6 Å². The zero-order valence-corrected chi connectivity index (χ0v) is 16.7. The lowest BCUT2D eigenvalue weighted by atomic mass is 9.97. The number of carbonyl (C=O) groups is 1. The van der Waals surface area contributed by atoms with Gasteiger partial charge in [-0.3, -0.25) is 9.69 Å². The van der Waals surface area contributed by atoms with Crippen LogP contribution in [0.5, 0.6) is 0 Å². The Morgan fingerprint density at radius 3 is 2.64 bits per heavy atom. The minimum atomic E-state index is -4.31. The largest absolute Gasteiger partial charge is 0.416 e. The van der Waals surface area contributed by atoms with E-state index >= 15 is 0 Å². The van der Waals surface area contributed by atoms with E-state index in [-0.39, 0.29) is 23.9 Å². The molecule has 1 aromatic carbocycles. The number of carbonyl (C=O) groups excluding carboxylic acids is 1. The number of hydrogen-bond acceptors (Lipinski definition) is 3. The number of alkyl halides is 3. The number of amides is 1. The van der Waals surface area contributed by atoms with E-state index in [9.17, 15) is 18.0 Å². The summed E-state index contributed by atoms with van der Waals surface area (Å²) >= 11 is 0. The minimum absolute atomic E-state index is 0.0412. The molecule has 1 saturated heterocycles. The highest BCUT2D eigenvalue weighted by atomic mass is 19.4. The van der Waals surface area contributed by atoms with Gasteiger partial charge in [-0.25, -0.2) is 0 Å². The summed E-state index contributed by atoms with van der Waals surface area (Å²) in [5, 5.41) is 6.30. The monoisotopic (exact) mass is 397 g/mol. The van der Waals surface area contributed by atoms with Gasteiger partial charge in [0.15, 0.2) is 0 Å². The van der Waals surface area contributed by atoms with Gasteiger partial charge in [-0.15, -0.1) is 0 Å². The summed E-state index contributed by atoms with van der Waals surface area (Å²) in [7, 11) is 1.80. The molecule has 0 spiro atoms. The molecule has 1 saturated carbocycles. The molecule has 4 nitrogen and oxygen atoms in total. The Balaban J connectivity index is 1.60. The van der Waals surface area contributed by atoms with Gasteiger partial charge in [0.2, 0.25) is 5.91 Å². The fraction of sp³-hybridized carbons (Fsp3) is 0.667. The number of halogens is 3. The van der Waals surface area contributed by atoms with Crippen LogP contribution in [0.3, 0.4) is 0 Å². The molecule has 156 valence electrons. The van der Waals surface area contributed by atoms with Crippen molar-refractivity contribution < 1.29 is 18.0 Å². The van der Waals surface area contributed by atoms with Crippen LogP contribution in [0.4, 0.5) is 13.2 Å². The zero-order valence-electron chi connectivity index (χ0n) is 16.7.